The molecule has 0 aliphatic rings. The van der Waals surface area contributed by atoms with E-state index in [0.29, 0.717) is 6.54 Å². The van der Waals surface area contributed by atoms with Crippen LogP contribution in [0.4, 0.5) is 0 Å². The van der Waals surface area contributed by atoms with Gasteiger partial charge in [0.25, 0.3) is 0 Å². The van der Waals surface area contributed by atoms with Gasteiger partial charge in [0.2, 0.25) is 5.91 Å². The van der Waals surface area contributed by atoms with Crippen molar-refractivity contribution in [3.63, 3.8) is 0 Å². The van der Waals surface area contributed by atoms with Crippen molar-refractivity contribution in [3.8, 4) is 0 Å². The number of carbonyl (C=O) groups is 1. The molecule has 2 rings (SSSR count). The van der Waals surface area contributed by atoms with E-state index in [1.807, 2.05) is 42.8 Å². The molecule has 1 atom stereocenters. The van der Waals surface area contributed by atoms with E-state index in [-0.39, 0.29) is 24.2 Å². The van der Waals surface area contributed by atoms with E-state index in [9.17, 15) is 4.79 Å². The second kappa shape index (κ2) is 6.54. The van der Waals surface area contributed by atoms with Crippen LogP contribution in [-0.2, 0) is 11.3 Å². The first-order chi connectivity index (χ1) is 8.58. The number of hydrogen-bond donors (Lipinski definition) is 2. The molecule has 0 aliphatic carbocycles. The molecule has 0 aliphatic heterocycles. The van der Waals surface area contributed by atoms with Gasteiger partial charge in [-0.25, -0.2) is 4.98 Å². The Morgan fingerprint density at radius 2 is 2.21 bits per heavy atom. The Hall–Kier alpha value is -1.59. The molecule has 19 heavy (non-hydrogen) atoms. The summed E-state index contributed by atoms with van der Waals surface area (Å²) in [7, 11) is 0. The molecule has 0 aromatic carbocycles. The van der Waals surface area contributed by atoms with Gasteiger partial charge in [0, 0.05) is 25.1 Å². The average Bonchev–Trinajstić information content (AvgIpc) is 2.82. The first-order valence-corrected chi connectivity index (χ1v) is 6.03. The number of nitrogens with zero attached hydrogens (tertiary/aromatic N) is 2. The number of nitrogens with one attached hydrogen (secondary N) is 1. The number of fused-ring (bicyclic) bond motifs is 1. The fraction of sp³-hybridized carbons (Fsp3) is 0.385. The van der Waals surface area contributed by atoms with Gasteiger partial charge in [0.15, 0.2) is 0 Å². The largest absolute Gasteiger partial charge is 0.351 e. The molecule has 2 aromatic heterocycles. The highest BCUT2D eigenvalue weighted by atomic mass is 35.5. The summed E-state index contributed by atoms with van der Waals surface area (Å²) in [5, 5.41) is 2.84. The summed E-state index contributed by atoms with van der Waals surface area (Å²) in [5.74, 6) is 0.0213. The highest BCUT2D eigenvalue weighted by molar-refractivity contribution is 5.85. The van der Waals surface area contributed by atoms with Gasteiger partial charge in [0.05, 0.1) is 6.04 Å². The van der Waals surface area contributed by atoms with Crippen molar-refractivity contribution < 1.29 is 4.79 Å². The Morgan fingerprint density at radius 3 is 2.89 bits per heavy atom. The Bertz CT molecular complexity index is 552. The first kappa shape index (κ1) is 15.5. The van der Waals surface area contributed by atoms with Crippen molar-refractivity contribution in [1.29, 1.82) is 0 Å². The molecule has 6 heteroatoms. The van der Waals surface area contributed by atoms with E-state index in [1.54, 1.807) is 6.20 Å². The topological polar surface area (TPSA) is 72.4 Å². The summed E-state index contributed by atoms with van der Waals surface area (Å²) in [6.07, 6.45) is 5.55. The van der Waals surface area contributed by atoms with Crippen LogP contribution >= 0.6 is 12.4 Å². The molecule has 1 amide bonds. The number of aromatic nitrogens is 2. The minimum Gasteiger partial charge on any atom is -0.351 e. The van der Waals surface area contributed by atoms with Gasteiger partial charge in [-0.1, -0.05) is 13.8 Å². The van der Waals surface area contributed by atoms with E-state index in [0.717, 1.165) is 11.2 Å². The summed E-state index contributed by atoms with van der Waals surface area (Å²) in [4.78, 5) is 15.9. The van der Waals surface area contributed by atoms with Crippen LogP contribution in [0.15, 0.2) is 30.7 Å². The monoisotopic (exact) mass is 282 g/mol. The molecule has 2 aromatic rings. The molecule has 0 saturated carbocycles. The van der Waals surface area contributed by atoms with Crippen LogP contribution in [0.25, 0.3) is 5.65 Å². The molecule has 104 valence electrons. The molecule has 0 radical (unpaired) electrons. The SMILES string of the molecule is CC(C)[C@H](N)C(=O)NCc1ccn2ccnc2c1.Cl. The molecular formula is C13H19ClN4O. The lowest BCUT2D eigenvalue weighted by atomic mass is 10.1. The van der Waals surface area contributed by atoms with Gasteiger partial charge in [0.1, 0.15) is 5.65 Å². The van der Waals surface area contributed by atoms with Crippen LogP contribution in [-0.4, -0.2) is 21.3 Å². The van der Waals surface area contributed by atoms with E-state index >= 15 is 0 Å². The normalized spacial score (nSPS) is 12.2. The number of rotatable bonds is 4. The second-order valence-corrected chi connectivity index (χ2v) is 4.72. The minimum absolute atomic E-state index is 0. The Kier molecular flexibility index (Phi) is 5.32. The molecule has 0 fully saturated rings. The molecule has 2 heterocycles. The number of amides is 1. The second-order valence-electron chi connectivity index (χ2n) is 4.72. The van der Waals surface area contributed by atoms with Crippen molar-refractivity contribution in [1.82, 2.24) is 14.7 Å². The van der Waals surface area contributed by atoms with E-state index in [1.165, 1.54) is 0 Å². The van der Waals surface area contributed by atoms with Gasteiger partial charge in [-0.3, -0.25) is 4.79 Å². The average molecular weight is 283 g/mol. The number of carbonyl (C=O) groups excluding carboxylic acids is 1. The highest BCUT2D eigenvalue weighted by Gasteiger charge is 2.16. The van der Waals surface area contributed by atoms with E-state index < -0.39 is 6.04 Å². The number of nitrogens with two attached hydrogens (primary N) is 1. The predicted molar refractivity (Wildman–Crippen MR) is 77.1 cm³/mol. The zero-order valence-electron chi connectivity index (χ0n) is 11.0. The maximum atomic E-state index is 11.7. The third kappa shape index (κ3) is 3.68. The summed E-state index contributed by atoms with van der Waals surface area (Å²) in [6, 6.07) is 3.44. The molecule has 5 nitrogen and oxygen atoms in total. The van der Waals surface area contributed by atoms with Gasteiger partial charge < -0.3 is 15.5 Å². The van der Waals surface area contributed by atoms with Crippen molar-refractivity contribution in [3.05, 3.63) is 36.3 Å². The zero-order valence-corrected chi connectivity index (χ0v) is 11.9. The lowest BCUT2D eigenvalue weighted by Gasteiger charge is -2.15. The van der Waals surface area contributed by atoms with Crippen LogP contribution < -0.4 is 11.1 Å². The summed E-state index contributed by atoms with van der Waals surface area (Å²) >= 11 is 0. The smallest absolute Gasteiger partial charge is 0.237 e. The first-order valence-electron chi connectivity index (χ1n) is 6.03. The molecule has 0 bridgehead atoms. The van der Waals surface area contributed by atoms with Gasteiger partial charge in [-0.15, -0.1) is 12.4 Å². The van der Waals surface area contributed by atoms with Gasteiger partial charge >= 0.3 is 0 Å². The maximum Gasteiger partial charge on any atom is 0.237 e. The van der Waals surface area contributed by atoms with Crippen molar-refractivity contribution in [2.75, 3.05) is 0 Å². The summed E-state index contributed by atoms with van der Waals surface area (Å²) in [5.41, 5.74) is 7.65. The number of pyridine rings is 1. The van der Waals surface area contributed by atoms with Crippen molar-refractivity contribution in [2.24, 2.45) is 11.7 Å². The van der Waals surface area contributed by atoms with Gasteiger partial charge in [-0.2, -0.15) is 0 Å². The maximum absolute atomic E-state index is 11.7. The van der Waals surface area contributed by atoms with Crippen LogP contribution in [0.3, 0.4) is 0 Å². The Morgan fingerprint density at radius 1 is 1.47 bits per heavy atom. The van der Waals surface area contributed by atoms with Crippen LogP contribution in [0, 0.1) is 5.92 Å². The molecule has 0 saturated heterocycles. The van der Waals surface area contributed by atoms with Gasteiger partial charge in [-0.05, 0) is 23.6 Å². The minimum atomic E-state index is -0.458. The van der Waals surface area contributed by atoms with E-state index in [4.69, 9.17) is 5.73 Å². The van der Waals surface area contributed by atoms with E-state index in [2.05, 4.69) is 10.3 Å². The lowest BCUT2D eigenvalue weighted by molar-refractivity contribution is -0.123. The Labute approximate surface area is 118 Å². The standard InChI is InChI=1S/C13H18N4O.ClH/c1-9(2)12(14)13(18)16-8-10-3-5-17-6-4-15-11(17)7-10;/h3-7,9,12H,8,14H2,1-2H3,(H,16,18);1H/t12-;/m0./s1. The number of halogens is 1. The number of hydrogen-bond acceptors (Lipinski definition) is 3. The Balaban J connectivity index is 0.00000180. The third-order valence-corrected chi connectivity index (χ3v) is 2.95. The summed E-state index contributed by atoms with van der Waals surface area (Å²) in [6.45, 7) is 4.34. The molecule has 0 spiro atoms. The third-order valence-electron chi connectivity index (χ3n) is 2.95. The van der Waals surface area contributed by atoms with Crippen LogP contribution in [0.2, 0.25) is 0 Å². The molecule has 3 N–H and O–H groups in total. The van der Waals surface area contributed by atoms with Crippen molar-refractivity contribution in [2.45, 2.75) is 26.4 Å². The number of imidazole rings is 1. The summed E-state index contributed by atoms with van der Waals surface area (Å²) < 4.78 is 1.92. The van der Waals surface area contributed by atoms with Crippen LogP contribution in [0.5, 0.6) is 0 Å². The lowest BCUT2D eigenvalue weighted by Crippen LogP contribution is -2.43. The molecular weight excluding hydrogens is 264 g/mol. The predicted octanol–water partition coefficient (Wildman–Crippen LogP) is 1.36. The molecule has 0 unspecified atom stereocenters. The zero-order chi connectivity index (χ0) is 13.1. The highest BCUT2D eigenvalue weighted by Crippen LogP contribution is 2.05. The fourth-order valence-electron chi connectivity index (χ4n) is 1.67. The fourth-order valence-corrected chi connectivity index (χ4v) is 1.67. The quantitative estimate of drug-likeness (QED) is 0.889. The van der Waals surface area contributed by atoms with Crippen molar-refractivity contribution >= 4 is 24.0 Å². The van der Waals surface area contributed by atoms with Crippen LogP contribution in [0.1, 0.15) is 19.4 Å².